The number of ether oxygens (including phenoxy) is 1. The van der Waals surface area contributed by atoms with E-state index in [1.165, 1.54) is 0 Å². The molecule has 4 heteroatoms. The highest BCUT2D eigenvalue weighted by Crippen LogP contribution is 2.22. The molecule has 1 aromatic heterocycles. The molecule has 0 bridgehead atoms. The fourth-order valence-electron chi connectivity index (χ4n) is 2.15. The Balaban J connectivity index is 2.22. The molecule has 3 aromatic rings. The SMILES string of the molecule is CCOC(=O)c1nc(-c2ccccc2)nc2ccccc12. The van der Waals surface area contributed by atoms with Gasteiger partial charge in [0.25, 0.3) is 0 Å². The van der Waals surface area contributed by atoms with Crippen molar-refractivity contribution < 1.29 is 9.53 Å². The molecular weight excluding hydrogens is 264 g/mol. The van der Waals surface area contributed by atoms with Gasteiger partial charge in [0.05, 0.1) is 12.1 Å². The van der Waals surface area contributed by atoms with E-state index in [2.05, 4.69) is 9.97 Å². The monoisotopic (exact) mass is 278 g/mol. The molecule has 2 aromatic carbocycles. The average Bonchev–Trinajstić information content (AvgIpc) is 2.55. The van der Waals surface area contributed by atoms with Gasteiger partial charge < -0.3 is 4.74 Å². The van der Waals surface area contributed by atoms with Crippen LogP contribution >= 0.6 is 0 Å². The average molecular weight is 278 g/mol. The van der Waals surface area contributed by atoms with Crippen molar-refractivity contribution in [3.8, 4) is 11.4 Å². The van der Waals surface area contributed by atoms with Crippen molar-refractivity contribution in [3.05, 3.63) is 60.3 Å². The van der Waals surface area contributed by atoms with Gasteiger partial charge in [0.2, 0.25) is 0 Å². The van der Waals surface area contributed by atoms with Crippen LogP contribution in [0.3, 0.4) is 0 Å². The highest BCUT2D eigenvalue weighted by atomic mass is 16.5. The van der Waals surface area contributed by atoms with E-state index in [0.717, 1.165) is 11.1 Å². The van der Waals surface area contributed by atoms with Gasteiger partial charge in [-0.25, -0.2) is 14.8 Å². The zero-order valence-electron chi connectivity index (χ0n) is 11.6. The summed E-state index contributed by atoms with van der Waals surface area (Å²) < 4.78 is 5.10. The fourth-order valence-corrected chi connectivity index (χ4v) is 2.15. The third-order valence-electron chi connectivity index (χ3n) is 3.10. The van der Waals surface area contributed by atoms with Gasteiger partial charge in [-0.1, -0.05) is 48.5 Å². The second-order valence-corrected chi connectivity index (χ2v) is 4.50. The summed E-state index contributed by atoms with van der Waals surface area (Å²) in [4.78, 5) is 21.1. The quantitative estimate of drug-likeness (QED) is 0.688. The molecule has 1 heterocycles. The molecule has 21 heavy (non-hydrogen) atoms. The summed E-state index contributed by atoms with van der Waals surface area (Å²) in [7, 11) is 0. The van der Waals surface area contributed by atoms with Crippen LogP contribution in [0.5, 0.6) is 0 Å². The summed E-state index contributed by atoms with van der Waals surface area (Å²) in [6.45, 7) is 2.09. The molecule has 0 aliphatic carbocycles. The predicted molar refractivity (Wildman–Crippen MR) is 80.9 cm³/mol. The lowest BCUT2D eigenvalue weighted by Gasteiger charge is -2.08. The van der Waals surface area contributed by atoms with E-state index in [1.54, 1.807) is 6.92 Å². The Morgan fingerprint density at radius 1 is 1.00 bits per heavy atom. The molecule has 0 amide bonds. The van der Waals surface area contributed by atoms with Crippen LogP contribution in [0.2, 0.25) is 0 Å². The van der Waals surface area contributed by atoms with Gasteiger partial charge in [-0.3, -0.25) is 0 Å². The zero-order chi connectivity index (χ0) is 14.7. The highest BCUT2D eigenvalue weighted by Gasteiger charge is 2.16. The van der Waals surface area contributed by atoms with Crippen molar-refractivity contribution in [2.24, 2.45) is 0 Å². The summed E-state index contributed by atoms with van der Waals surface area (Å²) in [6.07, 6.45) is 0. The molecule has 4 nitrogen and oxygen atoms in total. The third-order valence-corrected chi connectivity index (χ3v) is 3.10. The minimum absolute atomic E-state index is 0.307. The predicted octanol–water partition coefficient (Wildman–Crippen LogP) is 3.47. The van der Waals surface area contributed by atoms with Crippen LogP contribution < -0.4 is 0 Å². The molecule has 104 valence electrons. The maximum atomic E-state index is 12.1. The Labute approximate surface area is 122 Å². The van der Waals surface area contributed by atoms with E-state index in [4.69, 9.17) is 4.74 Å². The first-order valence-corrected chi connectivity index (χ1v) is 6.79. The number of hydrogen-bond donors (Lipinski definition) is 0. The van der Waals surface area contributed by atoms with Gasteiger partial charge >= 0.3 is 5.97 Å². The van der Waals surface area contributed by atoms with Crippen LogP contribution in [-0.2, 0) is 4.74 Å². The Morgan fingerprint density at radius 2 is 1.71 bits per heavy atom. The van der Waals surface area contributed by atoms with Crippen LogP contribution in [0.1, 0.15) is 17.4 Å². The molecule has 0 aliphatic rings. The number of rotatable bonds is 3. The summed E-state index contributed by atoms with van der Waals surface area (Å²) >= 11 is 0. The maximum absolute atomic E-state index is 12.1. The summed E-state index contributed by atoms with van der Waals surface area (Å²) in [5, 5.41) is 0.704. The first-order valence-electron chi connectivity index (χ1n) is 6.79. The van der Waals surface area contributed by atoms with Gasteiger partial charge in [0, 0.05) is 10.9 Å². The molecule has 0 saturated heterocycles. The lowest BCUT2D eigenvalue weighted by atomic mass is 10.1. The molecule has 0 atom stereocenters. The number of benzene rings is 2. The van der Waals surface area contributed by atoms with Crippen molar-refractivity contribution in [1.82, 2.24) is 9.97 Å². The normalized spacial score (nSPS) is 10.5. The van der Waals surface area contributed by atoms with E-state index in [0.29, 0.717) is 23.5 Å². The van der Waals surface area contributed by atoms with E-state index in [9.17, 15) is 4.79 Å². The van der Waals surface area contributed by atoms with Crippen molar-refractivity contribution >= 4 is 16.9 Å². The first-order chi connectivity index (χ1) is 10.3. The number of fused-ring (bicyclic) bond motifs is 1. The van der Waals surface area contributed by atoms with Gasteiger partial charge in [-0.15, -0.1) is 0 Å². The summed E-state index contributed by atoms with van der Waals surface area (Å²) in [5.41, 5.74) is 1.91. The molecule has 0 spiro atoms. The topological polar surface area (TPSA) is 52.1 Å². The van der Waals surface area contributed by atoms with Crippen molar-refractivity contribution in [1.29, 1.82) is 0 Å². The largest absolute Gasteiger partial charge is 0.461 e. The van der Waals surface area contributed by atoms with Crippen LogP contribution in [0.15, 0.2) is 54.6 Å². The molecular formula is C17H14N2O2. The Hall–Kier alpha value is -2.75. The van der Waals surface area contributed by atoms with E-state index >= 15 is 0 Å². The molecule has 0 unspecified atom stereocenters. The molecule has 0 fully saturated rings. The molecule has 0 N–H and O–H groups in total. The number of nitrogens with zero attached hydrogens (tertiary/aromatic N) is 2. The maximum Gasteiger partial charge on any atom is 0.357 e. The lowest BCUT2D eigenvalue weighted by Crippen LogP contribution is -2.09. The van der Waals surface area contributed by atoms with E-state index in [1.807, 2.05) is 54.6 Å². The minimum atomic E-state index is -0.423. The van der Waals surface area contributed by atoms with Gasteiger partial charge in [0.1, 0.15) is 0 Å². The first kappa shape index (κ1) is 13.2. The van der Waals surface area contributed by atoms with Crippen molar-refractivity contribution in [2.45, 2.75) is 6.92 Å². The molecule has 3 rings (SSSR count). The van der Waals surface area contributed by atoms with Crippen molar-refractivity contribution in [2.75, 3.05) is 6.61 Å². The summed E-state index contributed by atoms with van der Waals surface area (Å²) in [5.74, 6) is 0.102. The number of carbonyl (C=O) groups excluding carboxylic acids is 1. The van der Waals surface area contributed by atoms with Crippen LogP contribution in [-0.4, -0.2) is 22.5 Å². The number of esters is 1. The Kier molecular flexibility index (Phi) is 3.60. The second-order valence-electron chi connectivity index (χ2n) is 4.50. The Morgan fingerprint density at radius 3 is 2.48 bits per heavy atom. The third kappa shape index (κ3) is 2.60. The van der Waals surface area contributed by atoms with Crippen LogP contribution in [0, 0.1) is 0 Å². The standard InChI is InChI=1S/C17H14N2O2/c1-2-21-17(20)15-13-10-6-7-11-14(13)18-16(19-15)12-8-4-3-5-9-12/h3-11H,2H2,1H3. The molecule has 0 radical (unpaired) electrons. The highest BCUT2D eigenvalue weighted by molar-refractivity contribution is 6.02. The van der Waals surface area contributed by atoms with Gasteiger partial charge in [0.15, 0.2) is 11.5 Å². The smallest absolute Gasteiger partial charge is 0.357 e. The number of para-hydroxylation sites is 1. The molecule has 0 aliphatic heterocycles. The molecule has 0 saturated carbocycles. The van der Waals surface area contributed by atoms with Gasteiger partial charge in [-0.05, 0) is 13.0 Å². The van der Waals surface area contributed by atoms with E-state index < -0.39 is 5.97 Å². The summed E-state index contributed by atoms with van der Waals surface area (Å²) in [6, 6.07) is 17.0. The second kappa shape index (κ2) is 5.71. The fraction of sp³-hybridized carbons (Fsp3) is 0.118. The van der Waals surface area contributed by atoms with Crippen molar-refractivity contribution in [3.63, 3.8) is 0 Å². The van der Waals surface area contributed by atoms with Crippen LogP contribution in [0.4, 0.5) is 0 Å². The van der Waals surface area contributed by atoms with E-state index in [-0.39, 0.29) is 0 Å². The number of hydrogen-bond acceptors (Lipinski definition) is 4. The minimum Gasteiger partial charge on any atom is -0.461 e. The number of aromatic nitrogens is 2. The van der Waals surface area contributed by atoms with Crippen LogP contribution in [0.25, 0.3) is 22.3 Å². The zero-order valence-corrected chi connectivity index (χ0v) is 11.6. The Bertz CT molecular complexity index is 785. The number of carbonyl (C=O) groups is 1. The lowest BCUT2D eigenvalue weighted by molar-refractivity contribution is 0.0522. The van der Waals surface area contributed by atoms with Gasteiger partial charge in [-0.2, -0.15) is 0 Å².